The van der Waals surface area contributed by atoms with Crippen molar-refractivity contribution in [2.45, 2.75) is 10.9 Å². The van der Waals surface area contributed by atoms with Crippen LogP contribution in [0.1, 0.15) is 5.56 Å². The van der Waals surface area contributed by atoms with Crippen LogP contribution in [0.3, 0.4) is 0 Å². The molecule has 0 aliphatic carbocycles. The van der Waals surface area contributed by atoms with E-state index in [-0.39, 0.29) is 5.82 Å². The number of fused-ring (bicyclic) bond motifs is 1. The van der Waals surface area contributed by atoms with Crippen molar-refractivity contribution in [3.8, 4) is 0 Å². The quantitative estimate of drug-likeness (QED) is 0.665. The van der Waals surface area contributed by atoms with Crippen LogP contribution in [0.2, 0.25) is 0 Å². The van der Waals surface area contributed by atoms with Gasteiger partial charge in [-0.05, 0) is 23.8 Å². The molecule has 0 bridgehead atoms. The van der Waals surface area contributed by atoms with Gasteiger partial charge in [0.25, 0.3) is 0 Å². The molecule has 0 aliphatic rings. The molecule has 0 radical (unpaired) electrons. The van der Waals surface area contributed by atoms with E-state index in [1.54, 1.807) is 12.1 Å². The second kappa shape index (κ2) is 4.82. The van der Waals surface area contributed by atoms with Crippen molar-refractivity contribution in [2.24, 2.45) is 0 Å². The second-order valence-electron chi connectivity index (χ2n) is 3.92. The van der Waals surface area contributed by atoms with Crippen molar-refractivity contribution >= 4 is 17.3 Å². The molecule has 2 aromatic heterocycles. The summed E-state index contributed by atoms with van der Waals surface area (Å²) < 4.78 is 15.5. The molecule has 2 nitrogen and oxygen atoms in total. The van der Waals surface area contributed by atoms with Crippen molar-refractivity contribution in [2.75, 3.05) is 0 Å². The molecule has 0 fully saturated rings. The zero-order chi connectivity index (χ0) is 12.4. The first-order valence-corrected chi connectivity index (χ1v) is 6.61. The van der Waals surface area contributed by atoms with Crippen LogP contribution in [0.4, 0.5) is 4.39 Å². The van der Waals surface area contributed by atoms with Gasteiger partial charge in [-0.15, -0.1) is 0 Å². The van der Waals surface area contributed by atoms with Gasteiger partial charge in [0.15, 0.2) is 5.16 Å². The van der Waals surface area contributed by atoms with Crippen LogP contribution >= 0.6 is 11.8 Å². The lowest BCUT2D eigenvalue weighted by Crippen LogP contribution is -1.90. The third-order valence-corrected chi connectivity index (χ3v) is 3.74. The van der Waals surface area contributed by atoms with Gasteiger partial charge in [-0.1, -0.05) is 36.0 Å². The zero-order valence-electron chi connectivity index (χ0n) is 9.58. The van der Waals surface area contributed by atoms with E-state index in [0.29, 0.717) is 11.3 Å². The molecule has 1 aromatic carbocycles. The van der Waals surface area contributed by atoms with Gasteiger partial charge in [0.2, 0.25) is 0 Å². The first kappa shape index (κ1) is 11.3. The third-order valence-electron chi connectivity index (χ3n) is 2.72. The molecular weight excluding hydrogens is 247 g/mol. The van der Waals surface area contributed by atoms with Crippen LogP contribution in [-0.4, -0.2) is 9.38 Å². The predicted molar refractivity (Wildman–Crippen MR) is 71.2 cm³/mol. The van der Waals surface area contributed by atoms with Gasteiger partial charge in [-0.2, -0.15) is 0 Å². The van der Waals surface area contributed by atoms with Gasteiger partial charge >= 0.3 is 0 Å². The van der Waals surface area contributed by atoms with E-state index in [1.165, 1.54) is 17.8 Å². The topological polar surface area (TPSA) is 17.3 Å². The van der Waals surface area contributed by atoms with Crippen molar-refractivity contribution in [1.82, 2.24) is 9.38 Å². The Morgan fingerprint density at radius 3 is 2.83 bits per heavy atom. The number of imidazole rings is 1. The van der Waals surface area contributed by atoms with Crippen molar-refractivity contribution < 1.29 is 4.39 Å². The minimum atomic E-state index is -0.161. The monoisotopic (exact) mass is 258 g/mol. The molecule has 0 spiro atoms. The summed E-state index contributed by atoms with van der Waals surface area (Å²) in [5.41, 5.74) is 1.75. The molecule has 3 aromatic rings. The number of pyridine rings is 1. The Morgan fingerprint density at radius 1 is 1.11 bits per heavy atom. The summed E-state index contributed by atoms with van der Waals surface area (Å²) in [4.78, 5) is 4.34. The van der Waals surface area contributed by atoms with E-state index in [4.69, 9.17) is 0 Å². The average Bonchev–Trinajstić information content (AvgIpc) is 2.81. The maximum Gasteiger partial charge on any atom is 0.172 e. The zero-order valence-corrected chi connectivity index (χ0v) is 10.4. The highest BCUT2D eigenvalue weighted by Crippen LogP contribution is 2.23. The Kier molecular flexibility index (Phi) is 3.02. The number of aromatic nitrogens is 2. The fourth-order valence-electron chi connectivity index (χ4n) is 1.78. The number of rotatable bonds is 3. The number of thioether (sulfide) groups is 1. The molecule has 2 heterocycles. The van der Waals surface area contributed by atoms with E-state index in [2.05, 4.69) is 4.98 Å². The molecule has 0 aliphatic heterocycles. The molecule has 3 rings (SSSR count). The molecule has 18 heavy (non-hydrogen) atoms. The summed E-state index contributed by atoms with van der Waals surface area (Å²) in [5.74, 6) is 0.423. The lowest BCUT2D eigenvalue weighted by molar-refractivity contribution is 0.617. The number of nitrogens with zero attached hydrogens (tertiary/aromatic N) is 2. The summed E-state index contributed by atoms with van der Waals surface area (Å²) >= 11 is 1.54. The van der Waals surface area contributed by atoms with Crippen LogP contribution < -0.4 is 0 Å². The highest BCUT2D eigenvalue weighted by Gasteiger charge is 2.06. The van der Waals surface area contributed by atoms with Gasteiger partial charge in [0.05, 0.1) is 11.7 Å². The van der Waals surface area contributed by atoms with Crippen LogP contribution in [-0.2, 0) is 5.75 Å². The summed E-state index contributed by atoms with van der Waals surface area (Å²) in [5, 5.41) is 0.883. The highest BCUT2D eigenvalue weighted by atomic mass is 32.2. The van der Waals surface area contributed by atoms with E-state index in [9.17, 15) is 4.39 Å². The highest BCUT2D eigenvalue weighted by molar-refractivity contribution is 7.98. The van der Waals surface area contributed by atoms with Crippen molar-refractivity contribution in [3.05, 3.63) is 66.2 Å². The van der Waals surface area contributed by atoms with Gasteiger partial charge < -0.3 is 0 Å². The molecule has 0 saturated heterocycles. The smallest absolute Gasteiger partial charge is 0.172 e. The fraction of sp³-hybridized carbons (Fsp3) is 0.0714. The number of hydrogen-bond donors (Lipinski definition) is 0. The predicted octanol–water partition coefficient (Wildman–Crippen LogP) is 3.77. The summed E-state index contributed by atoms with van der Waals surface area (Å²) in [6, 6.07) is 12.8. The lowest BCUT2D eigenvalue weighted by Gasteiger charge is -2.02. The molecule has 0 atom stereocenters. The molecule has 0 unspecified atom stereocenters. The lowest BCUT2D eigenvalue weighted by atomic mass is 10.2. The Labute approximate surface area is 108 Å². The third kappa shape index (κ3) is 2.11. The number of halogens is 1. The van der Waals surface area contributed by atoms with E-state index in [0.717, 1.165) is 10.7 Å². The molecule has 0 amide bonds. The number of benzene rings is 1. The normalized spacial score (nSPS) is 10.9. The summed E-state index contributed by atoms with van der Waals surface area (Å²) in [6.07, 6.45) is 3.79. The molecule has 0 saturated carbocycles. The first-order valence-electron chi connectivity index (χ1n) is 5.63. The maximum atomic E-state index is 13.5. The maximum absolute atomic E-state index is 13.5. The van der Waals surface area contributed by atoms with Gasteiger partial charge in [0.1, 0.15) is 5.82 Å². The van der Waals surface area contributed by atoms with Crippen LogP contribution in [0.15, 0.2) is 60.0 Å². The minimum absolute atomic E-state index is 0.161. The van der Waals surface area contributed by atoms with E-state index in [1.807, 2.05) is 41.1 Å². The Bertz CT molecular complexity index is 678. The molecule has 90 valence electrons. The average molecular weight is 258 g/mol. The van der Waals surface area contributed by atoms with Gasteiger partial charge in [0, 0.05) is 11.9 Å². The second-order valence-corrected chi connectivity index (χ2v) is 4.86. The summed E-state index contributed by atoms with van der Waals surface area (Å²) in [6.45, 7) is 0. The Morgan fingerprint density at radius 2 is 1.94 bits per heavy atom. The Hall–Kier alpha value is -1.81. The summed E-state index contributed by atoms with van der Waals surface area (Å²) in [7, 11) is 0. The largest absolute Gasteiger partial charge is 0.295 e. The van der Waals surface area contributed by atoms with Gasteiger partial charge in [-0.3, -0.25) is 4.40 Å². The fourth-order valence-corrected chi connectivity index (χ4v) is 2.74. The van der Waals surface area contributed by atoms with E-state index < -0.39 is 0 Å². The van der Waals surface area contributed by atoms with Crippen molar-refractivity contribution in [1.29, 1.82) is 0 Å². The standard InChI is InChI=1S/C14H11FN2S/c15-13-7-2-1-5-11(13)10-18-14-16-9-12-6-3-4-8-17(12)14/h1-9H,10H2. The molecule has 4 heteroatoms. The van der Waals surface area contributed by atoms with Gasteiger partial charge in [-0.25, -0.2) is 9.37 Å². The van der Waals surface area contributed by atoms with Crippen LogP contribution in [0, 0.1) is 5.82 Å². The molecule has 0 N–H and O–H groups in total. The first-order chi connectivity index (χ1) is 8.84. The van der Waals surface area contributed by atoms with Crippen LogP contribution in [0.25, 0.3) is 5.52 Å². The van der Waals surface area contributed by atoms with Crippen molar-refractivity contribution in [3.63, 3.8) is 0 Å². The minimum Gasteiger partial charge on any atom is -0.295 e. The SMILES string of the molecule is Fc1ccccc1CSc1ncc2ccccn12. The Balaban J connectivity index is 1.83. The number of hydrogen-bond acceptors (Lipinski definition) is 2. The molecular formula is C14H11FN2S. The van der Waals surface area contributed by atoms with E-state index >= 15 is 0 Å². The van der Waals surface area contributed by atoms with Crippen LogP contribution in [0.5, 0.6) is 0 Å².